The molecule has 1 N–H and O–H groups in total. The average molecular weight is 490 g/mol. The first-order valence-electron chi connectivity index (χ1n) is 12.6. The Morgan fingerprint density at radius 2 is 1.58 bits per heavy atom. The Bertz CT molecular complexity index is 1270. The van der Waals surface area contributed by atoms with Gasteiger partial charge in [-0.1, -0.05) is 61.7 Å². The van der Waals surface area contributed by atoms with Crippen molar-refractivity contribution in [1.82, 2.24) is 4.57 Å². The normalized spacial score (nSPS) is 15.7. The van der Waals surface area contributed by atoms with Crippen LogP contribution >= 0.6 is 0 Å². The molecule has 3 aromatic rings. The maximum Gasteiger partial charge on any atom is 0.235 e. The molecule has 5 rings (SSSR count). The highest BCUT2D eigenvalue weighted by Gasteiger charge is 2.28. The van der Waals surface area contributed by atoms with Crippen LogP contribution in [0.2, 0.25) is 0 Å². The highest BCUT2D eigenvalue weighted by molar-refractivity contribution is 6.04. The zero-order valence-electron chi connectivity index (χ0n) is 20.9. The van der Waals surface area contributed by atoms with Crippen LogP contribution in [-0.4, -0.2) is 16.7 Å². The molecule has 1 saturated carbocycles. The summed E-state index contributed by atoms with van der Waals surface area (Å²) in [6, 6.07) is 22.1. The number of nitrogens with zero attached hydrogens (tertiary/aromatic N) is 2. The van der Waals surface area contributed by atoms with Gasteiger partial charge in [0, 0.05) is 41.2 Å². The van der Waals surface area contributed by atoms with E-state index in [1.807, 2.05) is 48.5 Å². The van der Waals surface area contributed by atoms with Crippen molar-refractivity contribution >= 4 is 17.2 Å². The maximum absolute atomic E-state index is 13.6. The van der Waals surface area contributed by atoms with Gasteiger partial charge in [-0.3, -0.25) is 14.4 Å². The van der Waals surface area contributed by atoms with Crippen LogP contribution in [0.5, 0.6) is 0 Å². The Morgan fingerprint density at radius 1 is 0.972 bits per heavy atom. The fraction of sp³-hybridized carbons (Fsp3) is 0.333. The van der Waals surface area contributed by atoms with E-state index in [0.717, 1.165) is 59.6 Å². The lowest BCUT2D eigenvalue weighted by atomic mass is 9.82. The molecule has 0 bridgehead atoms. The summed E-state index contributed by atoms with van der Waals surface area (Å²) in [7, 11) is 0. The molecule has 1 fully saturated rings. The Balaban J connectivity index is 0.000000709. The summed E-state index contributed by atoms with van der Waals surface area (Å²) in [4.78, 5) is 18.6. The predicted molar refractivity (Wildman–Crippen MR) is 144 cm³/mol. The van der Waals surface area contributed by atoms with Crippen molar-refractivity contribution in [2.75, 3.05) is 5.32 Å². The third kappa shape index (κ3) is 6.17. The van der Waals surface area contributed by atoms with Crippen molar-refractivity contribution in [3.8, 4) is 5.69 Å². The highest BCUT2D eigenvalue weighted by atomic mass is 19.3. The van der Waals surface area contributed by atoms with Gasteiger partial charge in [-0.05, 0) is 51.0 Å². The maximum atomic E-state index is 13.6. The van der Waals surface area contributed by atoms with Crippen LogP contribution in [0.15, 0.2) is 88.3 Å². The summed E-state index contributed by atoms with van der Waals surface area (Å²) in [6.45, 7) is 2.88. The quantitative estimate of drug-likeness (QED) is 0.408. The van der Waals surface area contributed by atoms with E-state index in [-0.39, 0.29) is 5.43 Å². The van der Waals surface area contributed by atoms with Gasteiger partial charge in [-0.2, -0.15) is 0 Å². The Morgan fingerprint density at radius 3 is 2.22 bits per heavy atom. The molecule has 0 amide bonds. The van der Waals surface area contributed by atoms with Gasteiger partial charge in [0.05, 0.1) is 11.3 Å². The van der Waals surface area contributed by atoms with E-state index in [9.17, 15) is 13.6 Å². The molecule has 0 atom stereocenters. The number of alkyl halides is 2. The number of pyridine rings is 1. The average Bonchev–Trinajstić information content (AvgIpc) is 3.05. The van der Waals surface area contributed by atoms with Crippen LogP contribution in [0, 0.1) is 5.92 Å². The lowest BCUT2D eigenvalue weighted by molar-refractivity contribution is 0.171. The number of benzene rings is 2. The summed E-state index contributed by atoms with van der Waals surface area (Å²) in [5.74, 6) is 1.14. The van der Waals surface area contributed by atoms with Crippen LogP contribution in [0.1, 0.15) is 57.2 Å². The monoisotopic (exact) mass is 489 g/mol. The summed E-state index contributed by atoms with van der Waals surface area (Å²) in [5.41, 5.74) is 5.86. The zero-order chi connectivity index (χ0) is 25.5. The molecular weight excluding hydrogens is 456 g/mol. The highest BCUT2D eigenvalue weighted by Crippen LogP contribution is 2.32. The van der Waals surface area contributed by atoms with Crippen LogP contribution in [0.4, 0.5) is 20.3 Å². The second kappa shape index (κ2) is 11.9. The minimum Gasteiger partial charge on any atom is -0.341 e. The van der Waals surface area contributed by atoms with Crippen LogP contribution in [0.3, 0.4) is 0 Å². The number of fused-ring (bicyclic) bond motifs is 1. The van der Waals surface area contributed by atoms with Gasteiger partial charge in [-0.15, -0.1) is 0 Å². The standard InChI is InChI=1S/C28H29N3O.C2H4F2/c1-20-17-18-24-27(28(29-20)21-11-5-2-6-12-21)25(32)19-26(30-22-13-7-3-8-14-22)31(24)23-15-9-4-10-16-23;1-2(3)4/h3-4,7-10,13-17,19,21,30H,2,5-6,11-12,18H2,1H3;2H,1H3. The number of aromatic nitrogens is 1. The number of rotatable bonds is 4. The summed E-state index contributed by atoms with van der Waals surface area (Å²) < 4.78 is 22.9. The first kappa shape index (κ1) is 25.5. The molecular formula is C30H33F2N3O. The van der Waals surface area contributed by atoms with E-state index in [1.54, 1.807) is 6.07 Å². The van der Waals surface area contributed by atoms with Gasteiger partial charge >= 0.3 is 0 Å². The molecule has 2 heterocycles. The molecule has 0 radical (unpaired) electrons. The topological polar surface area (TPSA) is 46.4 Å². The van der Waals surface area contributed by atoms with Crippen molar-refractivity contribution in [3.63, 3.8) is 0 Å². The van der Waals surface area contributed by atoms with E-state index in [1.165, 1.54) is 19.3 Å². The van der Waals surface area contributed by atoms with Gasteiger partial charge in [0.15, 0.2) is 5.43 Å². The van der Waals surface area contributed by atoms with Gasteiger partial charge < -0.3 is 5.32 Å². The lowest BCUT2D eigenvalue weighted by Gasteiger charge is -2.26. The van der Waals surface area contributed by atoms with E-state index < -0.39 is 6.43 Å². The van der Waals surface area contributed by atoms with Crippen molar-refractivity contribution in [2.24, 2.45) is 10.9 Å². The molecule has 6 heteroatoms. The number of allylic oxidation sites excluding steroid dienone is 2. The van der Waals surface area contributed by atoms with Crippen LogP contribution < -0.4 is 10.7 Å². The number of hydrogen-bond donors (Lipinski definition) is 1. The van der Waals surface area contributed by atoms with Crippen molar-refractivity contribution in [1.29, 1.82) is 0 Å². The van der Waals surface area contributed by atoms with E-state index >= 15 is 0 Å². The number of nitrogens with one attached hydrogen (secondary N) is 1. The molecule has 2 aromatic carbocycles. The minimum absolute atomic E-state index is 0.0537. The molecule has 0 unspecified atom stereocenters. The van der Waals surface area contributed by atoms with Crippen molar-refractivity contribution in [3.05, 3.63) is 100.0 Å². The number of halogens is 2. The van der Waals surface area contributed by atoms with Gasteiger partial charge in [0.2, 0.25) is 6.43 Å². The first-order chi connectivity index (χ1) is 17.4. The molecule has 0 saturated heterocycles. The number of para-hydroxylation sites is 2. The molecule has 1 aliphatic carbocycles. The fourth-order valence-corrected chi connectivity index (χ4v) is 4.97. The summed E-state index contributed by atoms with van der Waals surface area (Å²) in [5, 5.41) is 3.49. The molecule has 2 aliphatic rings. The second-order valence-electron chi connectivity index (χ2n) is 9.28. The minimum atomic E-state index is -2.17. The number of hydrogen-bond acceptors (Lipinski definition) is 3. The fourth-order valence-electron chi connectivity index (χ4n) is 4.97. The van der Waals surface area contributed by atoms with Crippen LogP contribution in [0.25, 0.3) is 5.69 Å². The lowest BCUT2D eigenvalue weighted by Crippen LogP contribution is -2.29. The summed E-state index contributed by atoms with van der Waals surface area (Å²) >= 11 is 0. The van der Waals surface area contributed by atoms with Gasteiger partial charge in [-0.25, -0.2) is 8.78 Å². The number of anilines is 2. The molecule has 0 spiro atoms. The van der Waals surface area contributed by atoms with E-state index in [2.05, 4.69) is 35.0 Å². The van der Waals surface area contributed by atoms with Gasteiger partial charge in [0.1, 0.15) is 5.82 Å². The Hall–Kier alpha value is -3.54. The van der Waals surface area contributed by atoms with Crippen molar-refractivity contribution < 1.29 is 8.78 Å². The first-order valence-corrected chi connectivity index (χ1v) is 12.6. The SMILES string of the molecule is CC(F)F.CC1=CCc2c(c(=O)cc(Nc3ccccc3)n2-c2ccccc2)C(C2CCCCC2)=N1. The van der Waals surface area contributed by atoms with Gasteiger partial charge in [0.25, 0.3) is 0 Å². The third-order valence-corrected chi connectivity index (χ3v) is 6.51. The van der Waals surface area contributed by atoms with E-state index in [4.69, 9.17) is 4.99 Å². The zero-order valence-corrected chi connectivity index (χ0v) is 20.9. The third-order valence-electron chi connectivity index (χ3n) is 6.51. The van der Waals surface area contributed by atoms with E-state index in [0.29, 0.717) is 12.3 Å². The molecule has 1 aromatic heterocycles. The molecule has 188 valence electrons. The largest absolute Gasteiger partial charge is 0.341 e. The Labute approximate surface area is 211 Å². The number of aliphatic imine (C=N–C) groups is 1. The van der Waals surface area contributed by atoms with Crippen LogP contribution in [-0.2, 0) is 6.42 Å². The molecule has 36 heavy (non-hydrogen) atoms. The molecule has 1 aliphatic heterocycles. The predicted octanol–water partition coefficient (Wildman–Crippen LogP) is 7.68. The smallest absolute Gasteiger partial charge is 0.235 e. The summed E-state index contributed by atoms with van der Waals surface area (Å²) in [6.07, 6.45) is 6.58. The van der Waals surface area contributed by atoms with Crippen molar-refractivity contribution in [2.45, 2.75) is 58.8 Å². The Kier molecular flexibility index (Phi) is 8.47. The molecule has 4 nitrogen and oxygen atoms in total. The second-order valence-corrected chi connectivity index (χ2v) is 9.28.